The fraction of sp³-hybridized carbons (Fsp3) is 0.600. The Morgan fingerprint density at radius 3 is 2.57 bits per heavy atom. The second kappa shape index (κ2) is 4.47. The average Bonchev–Trinajstić information content (AvgIpc) is 1.72. The van der Waals surface area contributed by atoms with Crippen molar-refractivity contribution < 1.29 is 0 Å². The molecule has 7 heavy (non-hydrogen) atoms. The summed E-state index contributed by atoms with van der Waals surface area (Å²) in [7, 11) is 1.24. The third-order valence-electron chi connectivity index (χ3n) is 0.968. The topological polar surface area (TPSA) is 0 Å². The number of rotatable bonds is 3. The van der Waals surface area contributed by atoms with Crippen molar-refractivity contribution in [1.29, 1.82) is 0 Å². The number of hydrogen-bond acceptors (Lipinski definition) is 1. The molecule has 0 aromatic rings. The molecule has 0 saturated carbocycles. The highest BCUT2D eigenvalue weighted by Gasteiger charge is 1.92. The fourth-order valence-corrected chi connectivity index (χ4v) is 2.53. The monoisotopic (exact) mass is 132 g/mol. The Morgan fingerprint density at radius 2 is 2.57 bits per heavy atom. The van der Waals surface area contributed by atoms with Crippen LogP contribution >= 0.6 is 11.2 Å². The van der Waals surface area contributed by atoms with Crippen LogP contribution in [0.5, 0.6) is 0 Å². The fourth-order valence-electron chi connectivity index (χ4n) is 0.430. The van der Waals surface area contributed by atoms with Gasteiger partial charge < -0.3 is 0 Å². The van der Waals surface area contributed by atoms with Crippen molar-refractivity contribution in [1.82, 2.24) is 0 Å². The summed E-state index contributed by atoms with van der Waals surface area (Å²) in [4.78, 5) is 0. The first-order valence-corrected chi connectivity index (χ1v) is 6.24. The van der Waals surface area contributed by atoms with Gasteiger partial charge in [0.05, 0.1) is 9.39 Å². The Labute approximate surface area is 52.4 Å². The van der Waals surface area contributed by atoms with Crippen LogP contribution in [0.4, 0.5) is 0 Å². The molecule has 0 amide bonds. The Bertz CT molecular complexity index is 50.0. The van der Waals surface area contributed by atoms with E-state index in [9.17, 15) is 0 Å². The minimum atomic E-state index is 0.728. The van der Waals surface area contributed by atoms with Crippen molar-refractivity contribution in [2.45, 2.75) is 18.6 Å². The maximum Gasteiger partial charge on any atom is 0.0702 e. The van der Waals surface area contributed by atoms with E-state index in [0.717, 1.165) is 5.25 Å². The van der Waals surface area contributed by atoms with Crippen LogP contribution in [0.3, 0.4) is 0 Å². The van der Waals surface area contributed by atoms with Crippen molar-refractivity contribution in [3.05, 3.63) is 12.7 Å². The van der Waals surface area contributed by atoms with Crippen molar-refractivity contribution in [3.63, 3.8) is 0 Å². The zero-order valence-electron chi connectivity index (χ0n) is 4.98. The van der Waals surface area contributed by atoms with Crippen LogP contribution in [0, 0.1) is 0 Å². The van der Waals surface area contributed by atoms with E-state index in [1.54, 1.807) is 0 Å². The van der Waals surface area contributed by atoms with Crippen LogP contribution in [0.2, 0.25) is 0 Å². The smallest absolute Gasteiger partial charge is 0.0702 e. The molecule has 1 atom stereocenters. The normalized spacial score (nSPS) is 13.9. The highest BCUT2D eigenvalue weighted by Crippen LogP contribution is 2.08. The summed E-state index contributed by atoms with van der Waals surface area (Å²) in [5, 5.41) is 0.728. The van der Waals surface area contributed by atoms with Gasteiger partial charge in [0, 0.05) is 5.25 Å². The standard InChI is InChI=1S/C5H12SSi/c1-3-5(4-2)6-7/h3,5H,1,4H2,2,7H3. The van der Waals surface area contributed by atoms with Gasteiger partial charge in [0.25, 0.3) is 0 Å². The quantitative estimate of drug-likeness (QED) is 0.407. The van der Waals surface area contributed by atoms with Crippen molar-refractivity contribution in [2.75, 3.05) is 0 Å². The van der Waals surface area contributed by atoms with E-state index in [2.05, 4.69) is 13.5 Å². The molecule has 0 aliphatic rings. The van der Waals surface area contributed by atoms with Crippen molar-refractivity contribution >= 4 is 20.6 Å². The summed E-state index contributed by atoms with van der Waals surface area (Å²) in [6.07, 6.45) is 3.26. The molecule has 0 aromatic carbocycles. The van der Waals surface area contributed by atoms with Gasteiger partial charge in [-0.05, 0) is 6.42 Å². The molecule has 42 valence electrons. The van der Waals surface area contributed by atoms with Crippen LogP contribution in [0.1, 0.15) is 13.3 Å². The lowest BCUT2D eigenvalue weighted by Gasteiger charge is -2.01. The molecule has 0 radical (unpaired) electrons. The van der Waals surface area contributed by atoms with Crippen LogP contribution < -0.4 is 0 Å². The van der Waals surface area contributed by atoms with Crippen molar-refractivity contribution in [3.8, 4) is 0 Å². The summed E-state index contributed by atoms with van der Waals surface area (Å²) in [5.74, 6) is 0. The molecule has 0 heterocycles. The van der Waals surface area contributed by atoms with E-state index >= 15 is 0 Å². The van der Waals surface area contributed by atoms with Crippen LogP contribution in [0.15, 0.2) is 12.7 Å². The first-order valence-electron chi connectivity index (χ1n) is 2.50. The lowest BCUT2D eigenvalue weighted by atomic mass is 10.3. The zero-order valence-corrected chi connectivity index (χ0v) is 7.79. The van der Waals surface area contributed by atoms with E-state index in [1.807, 2.05) is 17.3 Å². The van der Waals surface area contributed by atoms with Gasteiger partial charge in [0.15, 0.2) is 0 Å². The Balaban J connectivity index is 3.16. The molecule has 0 aromatic heterocycles. The van der Waals surface area contributed by atoms with Crippen LogP contribution in [0.25, 0.3) is 0 Å². The van der Waals surface area contributed by atoms with Crippen LogP contribution in [-0.2, 0) is 0 Å². The summed E-state index contributed by atoms with van der Waals surface area (Å²) in [6.45, 7) is 5.90. The van der Waals surface area contributed by atoms with Gasteiger partial charge >= 0.3 is 0 Å². The van der Waals surface area contributed by atoms with E-state index in [4.69, 9.17) is 0 Å². The van der Waals surface area contributed by atoms with Gasteiger partial charge in [-0.15, -0.1) is 6.58 Å². The van der Waals surface area contributed by atoms with Gasteiger partial charge in [-0.1, -0.05) is 13.0 Å². The average molecular weight is 132 g/mol. The maximum absolute atomic E-state index is 3.70. The van der Waals surface area contributed by atoms with E-state index < -0.39 is 0 Å². The van der Waals surface area contributed by atoms with Gasteiger partial charge in [0.1, 0.15) is 0 Å². The molecule has 0 saturated heterocycles. The lowest BCUT2D eigenvalue weighted by molar-refractivity contribution is 0.985. The molecule has 0 spiro atoms. The highest BCUT2D eigenvalue weighted by atomic mass is 32.4. The highest BCUT2D eigenvalue weighted by molar-refractivity contribution is 8.20. The third kappa shape index (κ3) is 2.94. The van der Waals surface area contributed by atoms with Gasteiger partial charge in [-0.25, -0.2) is 0 Å². The summed E-state index contributed by atoms with van der Waals surface area (Å²) in [5.41, 5.74) is 0. The number of hydrogen-bond donors (Lipinski definition) is 0. The second-order valence-corrected chi connectivity index (χ2v) is 3.91. The predicted molar refractivity (Wildman–Crippen MR) is 41.8 cm³/mol. The SMILES string of the molecule is C=CC(CC)S[SiH3]. The minimum absolute atomic E-state index is 0.728. The lowest BCUT2D eigenvalue weighted by Crippen LogP contribution is -1.91. The molecular formula is C5H12SSi. The largest absolute Gasteiger partial charge is 0.190 e. The van der Waals surface area contributed by atoms with Gasteiger partial charge in [-0.2, -0.15) is 11.2 Å². The summed E-state index contributed by atoms with van der Waals surface area (Å²) in [6, 6.07) is 0. The predicted octanol–water partition coefficient (Wildman–Crippen LogP) is 0.965. The molecule has 0 aliphatic heterocycles. The molecule has 0 aliphatic carbocycles. The first kappa shape index (κ1) is 7.31. The first-order chi connectivity index (χ1) is 3.35. The van der Waals surface area contributed by atoms with Gasteiger partial charge in [0.2, 0.25) is 0 Å². The van der Waals surface area contributed by atoms with Crippen molar-refractivity contribution in [2.24, 2.45) is 0 Å². The minimum Gasteiger partial charge on any atom is -0.190 e. The zero-order chi connectivity index (χ0) is 5.70. The molecule has 2 heteroatoms. The summed E-state index contributed by atoms with van der Waals surface area (Å²) < 4.78 is 0. The maximum atomic E-state index is 3.70. The van der Waals surface area contributed by atoms with E-state index in [1.165, 1.54) is 15.8 Å². The molecule has 0 nitrogen and oxygen atoms in total. The molecule has 0 bridgehead atoms. The Morgan fingerprint density at radius 1 is 2.00 bits per heavy atom. The van der Waals surface area contributed by atoms with Crippen LogP contribution in [-0.4, -0.2) is 14.6 Å². The second-order valence-electron chi connectivity index (χ2n) is 1.42. The Hall–Kier alpha value is 0.307. The Kier molecular flexibility index (Phi) is 4.66. The molecule has 0 N–H and O–H groups in total. The summed E-state index contributed by atoms with van der Waals surface area (Å²) >= 11 is 1.99. The molecular weight excluding hydrogens is 120 g/mol. The van der Waals surface area contributed by atoms with E-state index in [-0.39, 0.29) is 0 Å². The van der Waals surface area contributed by atoms with E-state index in [0.29, 0.717) is 0 Å². The molecule has 1 unspecified atom stereocenters. The van der Waals surface area contributed by atoms with Gasteiger partial charge in [-0.3, -0.25) is 0 Å². The molecule has 0 rings (SSSR count). The third-order valence-corrected chi connectivity index (χ3v) is 3.92. The molecule has 0 fully saturated rings.